The SMILES string of the molecule is Cc1nc(-c2c(C(F)(F)F)ccc(CNC(=O)C3CCN(c4ncc(Cl)cc4F)CC3)c2F)[nH]c(=O)c1F. The lowest BCUT2D eigenvalue weighted by Crippen LogP contribution is -2.41. The highest BCUT2D eigenvalue weighted by Crippen LogP contribution is 2.38. The van der Waals surface area contributed by atoms with Crippen LogP contribution in [-0.2, 0) is 17.5 Å². The Balaban J connectivity index is 1.50. The van der Waals surface area contributed by atoms with Crippen molar-refractivity contribution < 1.29 is 31.1 Å². The van der Waals surface area contributed by atoms with Crippen LogP contribution in [0, 0.1) is 30.3 Å². The maximum Gasteiger partial charge on any atom is 0.417 e. The van der Waals surface area contributed by atoms with Crippen molar-refractivity contribution in [2.45, 2.75) is 32.5 Å². The number of hydrogen-bond donors (Lipinski definition) is 2. The number of aryl methyl sites for hydroxylation is 1. The second-order valence-electron chi connectivity index (χ2n) is 8.71. The number of H-pyrrole nitrogens is 1. The molecule has 7 nitrogen and oxygen atoms in total. The highest BCUT2D eigenvalue weighted by molar-refractivity contribution is 6.30. The lowest BCUT2D eigenvalue weighted by Gasteiger charge is -2.32. The highest BCUT2D eigenvalue weighted by atomic mass is 35.5. The minimum Gasteiger partial charge on any atom is -0.354 e. The van der Waals surface area contributed by atoms with Crippen molar-refractivity contribution in [2.24, 2.45) is 5.92 Å². The van der Waals surface area contributed by atoms with Crippen molar-refractivity contribution in [1.82, 2.24) is 20.3 Å². The summed E-state index contributed by atoms with van der Waals surface area (Å²) in [6.45, 7) is 1.23. The topological polar surface area (TPSA) is 91.0 Å². The molecule has 3 aromatic rings. The van der Waals surface area contributed by atoms with Crippen molar-refractivity contribution in [2.75, 3.05) is 18.0 Å². The van der Waals surface area contributed by atoms with E-state index in [2.05, 4.69) is 15.3 Å². The molecular weight excluding hydrogens is 540 g/mol. The Labute approximate surface area is 216 Å². The number of halogens is 7. The first-order chi connectivity index (χ1) is 17.9. The Kier molecular flexibility index (Phi) is 7.68. The van der Waals surface area contributed by atoms with Gasteiger partial charge >= 0.3 is 6.18 Å². The molecule has 14 heteroatoms. The Hall–Kier alpha value is -3.61. The van der Waals surface area contributed by atoms with E-state index in [4.69, 9.17) is 11.6 Å². The molecule has 0 saturated carbocycles. The number of aromatic nitrogens is 3. The molecule has 1 aromatic carbocycles. The third kappa shape index (κ3) is 5.62. The Bertz CT molecular complexity index is 1440. The summed E-state index contributed by atoms with van der Waals surface area (Å²) in [7, 11) is 0. The molecule has 38 heavy (non-hydrogen) atoms. The largest absolute Gasteiger partial charge is 0.417 e. The van der Waals surface area contributed by atoms with Crippen LogP contribution in [-0.4, -0.2) is 33.9 Å². The minimum atomic E-state index is -5.01. The molecule has 2 N–H and O–H groups in total. The molecule has 0 radical (unpaired) electrons. The zero-order valence-corrected chi connectivity index (χ0v) is 20.5. The summed E-state index contributed by atoms with van der Waals surface area (Å²) in [5, 5.41) is 2.66. The third-order valence-corrected chi connectivity index (χ3v) is 6.41. The highest BCUT2D eigenvalue weighted by Gasteiger charge is 2.37. The van der Waals surface area contributed by atoms with E-state index in [0.717, 1.165) is 19.1 Å². The number of carbonyl (C=O) groups excluding carboxylic acids is 1. The van der Waals surface area contributed by atoms with Gasteiger partial charge in [0.25, 0.3) is 5.56 Å². The zero-order valence-electron chi connectivity index (χ0n) is 19.7. The maximum atomic E-state index is 15.3. The first-order valence-electron chi connectivity index (χ1n) is 11.4. The van der Waals surface area contributed by atoms with Crippen molar-refractivity contribution in [3.63, 3.8) is 0 Å². The molecular formula is C24H20ClF6N5O2. The predicted molar refractivity (Wildman–Crippen MR) is 126 cm³/mol. The lowest BCUT2D eigenvalue weighted by atomic mass is 9.95. The van der Waals surface area contributed by atoms with Crippen LogP contribution >= 0.6 is 11.6 Å². The molecule has 0 aliphatic carbocycles. The van der Waals surface area contributed by atoms with E-state index in [9.17, 15) is 31.5 Å². The van der Waals surface area contributed by atoms with Gasteiger partial charge in [-0.1, -0.05) is 17.7 Å². The van der Waals surface area contributed by atoms with Gasteiger partial charge < -0.3 is 15.2 Å². The van der Waals surface area contributed by atoms with Crippen molar-refractivity contribution in [3.8, 4) is 11.4 Å². The first kappa shape index (κ1) is 27.4. The molecule has 0 unspecified atom stereocenters. The second-order valence-corrected chi connectivity index (χ2v) is 9.15. The number of hydrogen-bond acceptors (Lipinski definition) is 5. The number of pyridine rings is 1. The van der Waals surface area contributed by atoms with E-state index >= 15 is 4.39 Å². The molecule has 1 amide bonds. The smallest absolute Gasteiger partial charge is 0.354 e. The van der Waals surface area contributed by atoms with Crippen LogP contribution in [0.15, 0.2) is 29.2 Å². The molecule has 202 valence electrons. The van der Waals surface area contributed by atoms with Gasteiger partial charge in [-0.2, -0.15) is 17.6 Å². The van der Waals surface area contributed by atoms with Crippen LogP contribution in [0.25, 0.3) is 11.4 Å². The molecule has 1 saturated heterocycles. The molecule has 3 heterocycles. The Morgan fingerprint density at radius 1 is 1.18 bits per heavy atom. The van der Waals surface area contributed by atoms with Crippen LogP contribution in [0.2, 0.25) is 5.02 Å². The van der Waals surface area contributed by atoms with Crippen molar-refractivity contribution in [3.05, 3.63) is 74.0 Å². The standard InChI is InChI=1S/C24H20ClF6N5O2/c1-11-18(27)23(38)35-20(34-11)17-15(24(29,30)31)3-2-13(19(17)28)9-33-22(37)12-4-6-36(7-5-12)21-16(26)8-14(25)10-32-21/h2-3,8,10,12H,4-7,9H2,1H3,(H,33,37)(H,34,35,38). The minimum absolute atomic E-state index is 0.107. The summed E-state index contributed by atoms with van der Waals surface area (Å²) >= 11 is 5.72. The van der Waals surface area contributed by atoms with Crippen LogP contribution in [0.3, 0.4) is 0 Å². The van der Waals surface area contributed by atoms with Gasteiger partial charge in [-0.25, -0.2) is 18.7 Å². The molecule has 0 bridgehead atoms. The second kappa shape index (κ2) is 10.6. The van der Waals surface area contributed by atoms with E-state index in [1.807, 2.05) is 4.98 Å². The number of piperidine rings is 1. The molecule has 0 atom stereocenters. The number of nitrogens with one attached hydrogen (secondary N) is 2. The van der Waals surface area contributed by atoms with E-state index in [0.29, 0.717) is 32.0 Å². The number of nitrogens with zero attached hydrogens (tertiary/aromatic N) is 3. The fourth-order valence-corrected chi connectivity index (χ4v) is 4.38. The summed E-state index contributed by atoms with van der Waals surface area (Å²) in [6.07, 6.45) is -3.04. The van der Waals surface area contributed by atoms with Crippen molar-refractivity contribution in [1.29, 1.82) is 0 Å². The van der Waals surface area contributed by atoms with Gasteiger partial charge in [0.1, 0.15) is 11.6 Å². The predicted octanol–water partition coefficient (Wildman–Crippen LogP) is 4.76. The van der Waals surface area contributed by atoms with Gasteiger partial charge in [0.15, 0.2) is 11.6 Å². The number of anilines is 1. The zero-order chi connectivity index (χ0) is 27.8. The fraction of sp³-hybridized carbons (Fsp3) is 0.333. The summed E-state index contributed by atoms with van der Waals surface area (Å²) in [5.41, 5.74) is -4.63. The molecule has 2 aromatic heterocycles. The van der Waals surface area contributed by atoms with Gasteiger partial charge in [0.2, 0.25) is 11.7 Å². The number of aromatic amines is 1. The average Bonchev–Trinajstić information content (AvgIpc) is 2.85. The molecule has 1 fully saturated rings. The number of rotatable bonds is 5. The van der Waals surface area contributed by atoms with Gasteiger partial charge in [-0.3, -0.25) is 9.59 Å². The van der Waals surface area contributed by atoms with Crippen molar-refractivity contribution >= 4 is 23.3 Å². The Morgan fingerprint density at radius 2 is 1.87 bits per heavy atom. The number of alkyl halides is 3. The van der Waals surface area contributed by atoms with Gasteiger partial charge in [0.05, 0.1) is 21.8 Å². The van der Waals surface area contributed by atoms with E-state index in [1.54, 1.807) is 4.90 Å². The normalized spacial score (nSPS) is 14.6. The Morgan fingerprint density at radius 3 is 2.47 bits per heavy atom. The number of amides is 1. The molecule has 1 aliphatic heterocycles. The first-order valence-corrected chi connectivity index (χ1v) is 11.7. The number of carbonyl (C=O) groups is 1. The summed E-state index contributed by atoms with van der Waals surface area (Å²) < 4.78 is 84.0. The maximum absolute atomic E-state index is 15.3. The quantitative estimate of drug-likeness (QED) is 0.440. The van der Waals surface area contributed by atoms with Crippen LogP contribution < -0.4 is 15.8 Å². The van der Waals surface area contributed by atoms with Gasteiger partial charge in [-0.05, 0) is 31.9 Å². The average molecular weight is 560 g/mol. The van der Waals surface area contributed by atoms with Gasteiger partial charge in [-0.15, -0.1) is 0 Å². The van der Waals surface area contributed by atoms with Crippen LogP contribution in [0.4, 0.5) is 32.2 Å². The van der Waals surface area contributed by atoms with Crippen LogP contribution in [0.1, 0.15) is 29.7 Å². The molecule has 0 spiro atoms. The summed E-state index contributed by atoms with van der Waals surface area (Å²) in [5.74, 6) is -4.91. The van der Waals surface area contributed by atoms with E-state index in [1.165, 1.54) is 6.20 Å². The monoisotopic (exact) mass is 559 g/mol. The lowest BCUT2D eigenvalue weighted by molar-refractivity contribution is -0.137. The summed E-state index contributed by atoms with van der Waals surface area (Å²) in [4.78, 5) is 35.5. The van der Waals surface area contributed by atoms with Gasteiger partial charge in [0, 0.05) is 37.3 Å². The molecule has 4 rings (SSSR count). The fourth-order valence-electron chi connectivity index (χ4n) is 4.23. The van der Waals surface area contributed by atoms with E-state index < -0.39 is 70.2 Å². The number of benzene rings is 1. The molecule has 1 aliphatic rings. The van der Waals surface area contributed by atoms with E-state index in [-0.39, 0.29) is 16.4 Å². The summed E-state index contributed by atoms with van der Waals surface area (Å²) in [6, 6.07) is 2.60. The third-order valence-electron chi connectivity index (χ3n) is 6.20. The van der Waals surface area contributed by atoms with Crippen LogP contribution in [0.5, 0.6) is 0 Å².